The number of thioether (sulfide) groups is 1. The van der Waals surface area contributed by atoms with E-state index in [4.69, 9.17) is 4.74 Å². The van der Waals surface area contributed by atoms with Gasteiger partial charge in [-0.25, -0.2) is 4.79 Å². The monoisotopic (exact) mass is 373 g/mol. The zero-order chi connectivity index (χ0) is 18.5. The second-order valence-corrected chi connectivity index (χ2v) is 6.86. The SMILES string of the molecule is COC(=O)C1(NC(=O)/C=C/c2ccc(SC(F)(F)F)cc2)CCCC1. The van der Waals surface area contributed by atoms with Gasteiger partial charge in [-0.2, -0.15) is 13.2 Å². The van der Waals surface area contributed by atoms with E-state index in [9.17, 15) is 22.8 Å². The zero-order valence-electron chi connectivity index (χ0n) is 13.6. The van der Waals surface area contributed by atoms with Gasteiger partial charge in [0.15, 0.2) is 0 Å². The quantitative estimate of drug-likeness (QED) is 0.483. The number of esters is 1. The number of nitrogens with one attached hydrogen (secondary N) is 1. The summed E-state index contributed by atoms with van der Waals surface area (Å²) in [4.78, 5) is 24.1. The molecule has 1 fully saturated rings. The molecule has 4 nitrogen and oxygen atoms in total. The first-order valence-electron chi connectivity index (χ1n) is 7.68. The van der Waals surface area contributed by atoms with Crippen molar-refractivity contribution in [2.45, 2.75) is 41.6 Å². The lowest BCUT2D eigenvalue weighted by Crippen LogP contribution is -2.52. The number of methoxy groups -OCH3 is 1. The van der Waals surface area contributed by atoms with Crippen molar-refractivity contribution in [2.75, 3.05) is 7.11 Å². The molecule has 0 unspecified atom stereocenters. The number of carbonyl (C=O) groups is 2. The molecule has 2 rings (SSSR count). The molecule has 1 aliphatic rings. The van der Waals surface area contributed by atoms with Crippen LogP contribution in [0, 0.1) is 0 Å². The second kappa shape index (κ2) is 7.95. The summed E-state index contributed by atoms with van der Waals surface area (Å²) >= 11 is -0.194. The van der Waals surface area contributed by atoms with Gasteiger partial charge in [-0.3, -0.25) is 4.79 Å². The Morgan fingerprint density at radius 3 is 2.32 bits per heavy atom. The average Bonchev–Trinajstić information content (AvgIpc) is 3.01. The van der Waals surface area contributed by atoms with Gasteiger partial charge in [0.05, 0.1) is 7.11 Å². The molecule has 0 aliphatic heterocycles. The third-order valence-corrected chi connectivity index (χ3v) is 4.68. The van der Waals surface area contributed by atoms with Gasteiger partial charge >= 0.3 is 11.5 Å². The van der Waals surface area contributed by atoms with E-state index in [1.807, 2.05) is 0 Å². The van der Waals surface area contributed by atoms with Crippen molar-refractivity contribution in [1.82, 2.24) is 5.32 Å². The van der Waals surface area contributed by atoms with Crippen LogP contribution in [0.1, 0.15) is 31.2 Å². The summed E-state index contributed by atoms with van der Waals surface area (Å²) in [6.45, 7) is 0. The minimum absolute atomic E-state index is 0.0738. The fourth-order valence-corrected chi connectivity index (χ4v) is 3.32. The predicted octanol–water partition coefficient (Wildman–Crippen LogP) is 3.91. The van der Waals surface area contributed by atoms with Crippen LogP contribution < -0.4 is 5.32 Å². The van der Waals surface area contributed by atoms with Crippen LogP contribution in [0.5, 0.6) is 0 Å². The molecule has 0 saturated heterocycles. The van der Waals surface area contributed by atoms with Gasteiger partial charge in [0.2, 0.25) is 5.91 Å². The molecule has 1 aliphatic carbocycles. The van der Waals surface area contributed by atoms with Gasteiger partial charge in [-0.1, -0.05) is 25.0 Å². The highest BCUT2D eigenvalue weighted by molar-refractivity contribution is 8.00. The summed E-state index contributed by atoms with van der Waals surface area (Å²) in [5, 5.41) is 2.70. The van der Waals surface area contributed by atoms with E-state index in [1.165, 1.54) is 43.5 Å². The number of alkyl halides is 3. The number of hydrogen-bond acceptors (Lipinski definition) is 4. The standard InChI is InChI=1S/C17H18F3NO3S/c1-24-15(23)16(10-2-3-11-16)21-14(22)9-6-12-4-7-13(8-5-12)25-17(18,19)20/h4-9H,2-3,10-11H2,1H3,(H,21,22)/b9-6+. The van der Waals surface area contributed by atoms with E-state index < -0.39 is 22.9 Å². The van der Waals surface area contributed by atoms with Crippen molar-refractivity contribution in [1.29, 1.82) is 0 Å². The van der Waals surface area contributed by atoms with Crippen LogP contribution in [0.2, 0.25) is 0 Å². The van der Waals surface area contributed by atoms with Crippen molar-refractivity contribution in [3.63, 3.8) is 0 Å². The van der Waals surface area contributed by atoms with E-state index in [1.54, 1.807) is 0 Å². The maximum atomic E-state index is 12.3. The molecule has 1 saturated carbocycles. The van der Waals surface area contributed by atoms with E-state index in [0.717, 1.165) is 12.8 Å². The van der Waals surface area contributed by atoms with Crippen molar-refractivity contribution in [3.8, 4) is 0 Å². The van der Waals surface area contributed by atoms with Crippen LogP contribution in [-0.2, 0) is 14.3 Å². The molecular formula is C17H18F3NO3S. The molecule has 1 N–H and O–H groups in total. The Morgan fingerprint density at radius 2 is 1.80 bits per heavy atom. The highest BCUT2D eigenvalue weighted by atomic mass is 32.2. The number of ether oxygens (including phenoxy) is 1. The Labute approximate surface area is 147 Å². The number of amides is 1. The lowest BCUT2D eigenvalue weighted by atomic mass is 9.97. The van der Waals surface area contributed by atoms with E-state index in [-0.39, 0.29) is 16.7 Å². The Kier molecular flexibility index (Phi) is 6.16. The minimum Gasteiger partial charge on any atom is -0.467 e. The zero-order valence-corrected chi connectivity index (χ0v) is 14.4. The topological polar surface area (TPSA) is 55.4 Å². The lowest BCUT2D eigenvalue weighted by Gasteiger charge is -2.26. The van der Waals surface area contributed by atoms with Crippen molar-refractivity contribution in [2.24, 2.45) is 0 Å². The van der Waals surface area contributed by atoms with Crippen LogP contribution in [0.3, 0.4) is 0 Å². The largest absolute Gasteiger partial charge is 0.467 e. The fourth-order valence-electron chi connectivity index (χ4n) is 2.78. The second-order valence-electron chi connectivity index (χ2n) is 5.72. The molecule has 0 radical (unpaired) electrons. The number of rotatable bonds is 5. The molecule has 0 aromatic heterocycles. The average molecular weight is 373 g/mol. The third kappa shape index (κ3) is 5.52. The minimum atomic E-state index is -4.33. The Balaban J connectivity index is 1.99. The van der Waals surface area contributed by atoms with Crippen LogP contribution in [0.15, 0.2) is 35.2 Å². The van der Waals surface area contributed by atoms with Gasteiger partial charge in [0, 0.05) is 11.0 Å². The third-order valence-electron chi connectivity index (χ3n) is 3.94. The summed E-state index contributed by atoms with van der Waals surface area (Å²) in [5.41, 5.74) is -4.73. The summed E-state index contributed by atoms with van der Waals surface area (Å²) < 4.78 is 41.6. The number of halogens is 3. The first-order valence-corrected chi connectivity index (χ1v) is 8.50. The summed E-state index contributed by atoms with van der Waals surface area (Å²) in [7, 11) is 1.28. The summed E-state index contributed by atoms with van der Waals surface area (Å²) in [6.07, 6.45) is 5.46. The molecule has 0 spiro atoms. The van der Waals surface area contributed by atoms with Gasteiger partial charge in [-0.05, 0) is 48.4 Å². The lowest BCUT2D eigenvalue weighted by molar-refractivity contribution is -0.150. The molecule has 1 aromatic carbocycles. The molecule has 0 atom stereocenters. The first-order chi connectivity index (χ1) is 11.7. The van der Waals surface area contributed by atoms with Crippen LogP contribution >= 0.6 is 11.8 Å². The summed E-state index contributed by atoms with van der Waals surface area (Å²) in [6, 6.07) is 5.65. The maximum Gasteiger partial charge on any atom is 0.446 e. The first kappa shape index (κ1) is 19.4. The van der Waals surface area contributed by atoms with E-state index >= 15 is 0 Å². The van der Waals surface area contributed by atoms with E-state index in [2.05, 4.69) is 5.32 Å². The number of carbonyl (C=O) groups excluding carboxylic acids is 2. The predicted molar refractivity (Wildman–Crippen MR) is 88.7 cm³/mol. The number of benzene rings is 1. The highest BCUT2D eigenvalue weighted by Gasteiger charge is 2.43. The Hall–Kier alpha value is -1.96. The molecule has 0 heterocycles. The molecule has 25 heavy (non-hydrogen) atoms. The molecule has 0 bridgehead atoms. The Bertz CT molecular complexity index is 650. The van der Waals surface area contributed by atoms with Crippen molar-refractivity contribution in [3.05, 3.63) is 35.9 Å². The van der Waals surface area contributed by atoms with Gasteiger partial charge in [0.25, 0.3) is 0 Å². The van der Waals surface area contributed by atoms with Crippen molar-refractivity contribution >= 4 is 29.7 Å². The van der Waals surface area contributed by atoms with Crippen LogP contribution in [0.25, 0.3) is 6.08 Å². The molecule has 136 valence electrons. The molecule has 1 aromatic rings. The van der Waals surface area contributed by atoms with Crippen LogP contribution in [-0.4, -0.2) is 30.0 Å². The summed E-state index contributed by atoms with van der Waals surface area (Å²) in [5.74, 6) is -0.902. The molecule has 8 heteroatoms. The smallest absolute Gasteiger partial charge is 0.446 e. The van der Waals surface area contributed by atoms with Gasteiger partial charge < -0.3 is 10.1 Å². The van der Waals surface area contributed by atoms with Gasteiger partial charge in [-0.15, -0.1) is 0 Å². The number of hydrogen-bond donors (Lipinski definition) is 1. The normalized spacial score (nSPS) is 16.8. The maximum absolute atomic E-state index is 12.3. The molecule has 1 amide bonds. The highest BCUT2D eigenvalue weighted by Crippen LogP contribution is 2.36. The fraction of sp³-hybridized carbons (Fsp3) is 0.412. The van der Waals surface area contributed by atoms with E-state index in [0.29, 0.717) is 18.4 Å². The molecular weight excluding hydrogens is 355 g/mol. The van der Waals surface area contributed by atoms with Gasteiger partial charge in [0.1, 0.15) is 5.54 Å². The van der Waals surface area contributed by atoms with Crippen LogP contribution in [0.4, 0.5) is 13.2 Å². The Morgan fingerprint density at radius 1 is 1.20 bits per heavy atom. The van der Waals surface area contributed by atoms with Crippen molar-refractivity contribution < 1.29 is 27.5 Å².